The lowest BCUT2D eigenvalue weighted by Gasteiger charge is -2.04. The minimum Gasteiger partial charge on any atom is -0.329 e. The predicted octanol–water partition coefficient (Wildman–Crippen LogP) is -1.27. The quantitative estimate of drug-likeness (QED) is 0.329. The molecule has 0 atom stereocenters. The Morgan fingerprint density at radius 3 is 2.17 bits per heavy atom. The van der Waals surface area contributed by atoms with Crippen LogP contribution in [0.25, 0.3) is 0 Å². The summed E-state index contributed by atoms with van der Waals surface area (Å²) in [4.78, 5) is 0. The Hall–Kier alpha value is -0.160. The van der Waals surface area contributed by atoms with Gasteiger partial charge in [0.2, 0.25) is 0 Å². The van der Waals surface area contributed by atoms with Crippen LogP contribution in [0.4, 0.5) is 0 Å². The molecule has 0 bridgehead atoms. The Morgan fingerprint density at radius 2 is 1.58 bits per heavy atom. The third-order valence-corrected chi connectivity index (χ3v) is 1.58. The molecule has 0 aliphatic carbocycles. The Morgan fingerprint density at radius 1 is 0.917 bits per heavy atom. The van der Waals surface area contributed by atoms with Gasteiger partial charge in [-0.25, -0.2) is 0 Å². The molecule has 74 valence electrons. The summed E-state index contributed by atoms with van der Waals surface area (Å²) in [6, 6.07) is 0. The third-order valence-electron chi connectivity index (χ3n) is 1.58. The number of likely N-dealkylation sites (N-methyl/N-ethyl adjacent to an activating group) is 1. The van der Waals surface area contributed by atoms with Crippen LogP contribution in [0.15, 0.2) is 0 Å². The summed E-state index contributed by atoms with van der Waals surface area (Å²) in [5, 5.41) is 9.66. The Labute approximate surface area is 75.3 Å². The first-order valence-electron chi connectivity index (χ1n) is 4.68. The van der Waals surface area contributed by atoms with Gasteiger partial charge < -0.3 is 21.7 Å². The summed E-state index contributed by atoms with van der Waals surface area (Å²) in [6.07, 6.45) is 1.17. The maximum Gasteiger partial charge on any atom is 0.00766 e. The molecule has 0 spiro atoms. The van der Waals surface area contributed by atoms with Crippen molar-refractivity contribution in [3.63, 3.8) is 0 Å². The largest absolute Gasteiger partial charge is 0.329 e. The van der Waals surface area contributed by atoms with Gasteiger partial charge in [0.1, 0.15) is 0 Å². The van der Waals surface area contributed by atoms with Crippen LogP contribution in [-0.2, 0) is 0 Å². The molecule has 0 aromatic carbocycles. The first-order valence-corrected chi connectivity index (χ1v) is 4.68. The summed E-state index contributed by atoms with van der Waals surface area (Å²) in [5.74, 6) is 0. The molecule has 0 saturated heterocycles. The maximum absolute atomic E-state index is 5.32. The fraction of sp³-hybridized carbons (Fsp3) is 1.00. The van der Waals surface area contributed by atoms with Crippen molar-refractivity contribution in [1.82, 2.24) is 16.0 Å². The molecule has 0 rings (SSSR count). The average molecular weight is 174 g/mol. The minimum absolute atomic E-state index is 0.729. The van der Waals surface area contributed by atoms with Crippen LogP contribution in [0.2, 0.25) is 0 Å². The number of hydrogen-bond acceptors (Lipinski definition) is 4. The van der Waals surface area contributed by atoms with E-state index < -0.39 is 0 Å². The highest BCUT2D eigenvalue weighted by atomic mass is 14.9. The second-order valence-corrected chi connectivity index (χ2v) is 2.75. The highest BCUT2D eigenvalue weighted by molar-refractivity contribution is 4.52. The van der Waals surface area contributed by atoms with E-state index >= 15 is 0 Å². The molecular formula is C8H22N4. The monoisotopic (exact) mass is 174 g/mol. The van der Waals surface area contributed by atoms with Gasteiger partial charge in [-0.2, -0.15) is 0 Å². The van der Waals surface area contributed by atoms with Gasteiger partial charge in [0, 0.05) is 26.2 Å². The molecule has 0 amide bonds. The fourth-order valence-corrected chi connectivity index (χ4v) is 0.904. The van der Waals surface area contributed by atoms with Crippen molar-refractivity contribution in [3.05, 3.63) is 0 Å². The van der Waals surface area contributed by atoms with E-state index in [1.807, 2.05) is 7.05 Å². The topological polar surface area (TPSA) is 62.1 Å². The van der Waals surface area contributed by atoms with Crippen LogP contribution in [0.3, 0.4) is 0 Å². The molecule has 0 saturated carbocycles. The van der Waals surface area contributed by atoms with E-state index in [0.29, 0.717) is 0 Å². The van der Waals surface area contributed by atoms with Crippen LogP contribution >= 0.6 is 0 Å². The molecule has 12 heavy (non-hydrogen) atoms. The fourth-order valence-electron chi connectivity index (χ4n) is 0.904. The molecule has 5 N–H and O–H groups in total. The third kappa shape index (κ3) is 9.84. The van der Waals surface area contributed by atoms with Crippen LogP contribution in [0.5, 0.6) is 0 Å². The molecule has 0 aromatic heterocycles. The van der Waals surface area contributed by atoms with Crippen LogP contribution in [-0.4, -0.2) is 46.3 Å². The number of nitrogens with one attached hydrogen (secondary N) is 3. The summed E-state index contributed by atoms with van der Waals surface area (Å²) >= 11 is 0. The van der Waals surface area contributed by atoms with E-state index in [0.717, 1.165) is 39.3 Å². The van der Waals surface area contributed by atoms with Crippen molar-refractivity contribution < 1.29 is 0 Å². The molecule has 4 nitrogen and oxygen atoms in total. The summed E-state index contributed by atoms with van der Waals surface area (Å²) < 4.78 is 0. The smallest absolute Gasteiger partial charge is 0.00766 e. The van der Waals surface area contributed by atoms with Gasteiger partial charge in [-0.05, 0) is 26.6 Å². The van der Waals surface area contributed by atoms with E-state index in [9.17, 15) is 0 Å². The molecule has 0 fully saturated rings. The first kappa shape index (κ1) is 11.8. The Kier molecular flexibility index (Phi) is 10.7. The molecule has 0 aliphatic heterocycles. The van der Waals surface area contributed by atoms with Crippen LogP contribution in [0, 0.1) is 0 Å². The highest BCUT2D eigenvalue weighted by Gasteiger charge is 1.86. The van der Waals surface area contributed by atoms with E-state index in [-0.39, 0.29) is 0 Å². The highest BCUT2D eigenvalue weighted by Crippen LogP contribution is 1.71. The maximum atomic E-state index is 5.32. The molecule has 0 radical (unpaired) electrons. The predicted molar refractivity (Wildman–Crippen MR) is 53.3 cm³/mol. The van der Waals surface area contributed by atoms with E-state index in [1.54, 1.807) is 0 Å². The van der Waals surface area contributed by atoms with Crippen molar-refractivity contribution in [3.8, 4) is 0 Å². The van der Waals surface area contributed by atoms with Gasteiger partial charge in [-0.15, -0.1) is 0 Å². The zero-order valence-corrected chi connectivity index (χ0v) is 8.03. The van der Waals surface area contributed by atoms with Crippen molar-refractivity contribution >= 4 is 0 Å². The number of nitrogens with two attached hydrogens (primary N) is 1. The minimum atomic E-state index is 0.729. The Bertz CT molecular complexity index is 67.5. The molecule has 0 aliphatic rings. The van der Waals surface area contributed by atoms with Gasteiger partial charge in [0.25, 0.3) is 0 Å². The molecule has 0 aromatic rings. The summed E-state index contributed by atoms with van der Waals surface area (Å²) in [6.45, 7) is 5.89. The molecule has 0 unspecified atom stereocenters. The number of rotatable bonds is 9. The lowest BCUT2D eigenvalue weighted by Crippen LogP contribution is -2.29. The Balaban J connectivity index is 2.73. The average Bonchev–Trinajstić information content (AvgIpc) is 2.10. The summed E-state index contributed by atoms with van der Waals surface area (Å²) in [5.41, 5.74) is 5.32. The molecule has 0 heterocycles. The van der Waals surface area contributed by atoms with Gasteiger partial charge >= 0.3 is 0 Å². The van der Waals surface area contributed by atoms with E-state index in [2.05, 4.69) is 16.0 Å². The van der Waals surface area contributed by atoms with E-state index in [1.165, 1.54) is 6.42 Å². The molecular weight excluding hydrogens is 152 g/mol. The van der Waals surface area contributed by atoms with E-state index in [4.69, 9.17) is 5.73 Å². The van der Waals surface area contributed by atoms with Crippen molar-refractivity contribution in [2.45, 2.75) is 6.42 Å². The standard InChI is InChI=1S/C8H22N4/c1-10-7-8-12-5-2-4-11-6-3-9/h10-12H,2-9H2,1H3. The lowest BCUT2D eigenvalue weighted by atomic mass is 10.4. The van der Waals surface area contributed by atoms with Crippen molar-refractivity contribution in [2.24, 2.45) is 5.73 Å². The zero-order valence-electron chi connectivity index (χ0n) is 8.03. The second kappa shape index (κ2) is 10.8. The van der Waals surface area contributed by atoms with Gasteiger partial charge in [0.05, 0.1) is 0 Å². The van der Waals surface area contributed by atoms with Gasteiger partial charge in [-0.1, -0.05) is 0 Å². The van der Waals surface area contributed by atoms with Crippen LogP contribution in [0.1, 0.15) is 6.42 Å². The second-order valence-electron chi connectivity index (χ2n) is 2.75. The SMILES string of the molecule is CNCCNCCCNCCN. The van der Waals surface area contributed by atoms with Gasteiger partial charge in [0.15, 0.2) is 0 Å². The number of hydrogen-bond donors (Lipinski definition) is 4. The lowest BCUT2D eigenvalue weighted by molar-refractivity contribution is 0.589. The van der Waals surface area contributed by atoms with Crippen LogP contribution < -0.4 is 21.7 Å². The van der Waals surface area contributed by atoms with Crippen molar-refractivity contribution in [2.75, 3.05) is 46.3 Å². The normalized spacial score (nSPS) is 10.5. The molecule has 4 heteroatoms. The summed E-state index contributed by atoms with van der Waals surface area (Å²) in [7, 11) is 1.96. The van der Waals surface area contributed by atoms with Gasteiger partial charge in [-0.3, -0.25) is 0 Å². The zero-order chi connectivity index (χ0) is 9.07. The van der Waals surface area contributed by atoms with Crippen molar-refractivity contribution in [1.29, 1.82) is 0 Å². The first-order chi connectivity index (χ1) is 5.91.